The molecule has 124 valence electrons. The van der Waals surface area contributed by atoms with E-state index in [2.05, 4.69) is 5.32 Å². The monoisotopic (exact) mass is 342 g/mol. The Kier molecular flexibility index (Phi) is 4.58. The molecule has 0 unspecified atom stereocenters. The number of para-hydroxylation sites is 2. The normalized spacial score (nSPS) is 17.2. The van der Waals surface area contributed by atoms with Gasteiger partial charge in [-0.05, 0) is 37.1 Å². The third-order valence-electron chi connectivity index (χ3n) is 4.34. The fourth-order valence-corrected chi connectivity index (χ4v) is 3.31. The second kappa shape index (κ2) is 6.65. The van der Waals surface area contributed by atoms with Crippen LogP contribution in [0, 0.1) is 19.8 Å². The highest BCUT2D eigenvalue weighted by atomic mass is 35.5. The van der Waals surface area contributed by atoms with Gasteiger partial charge in [-0.25, -0.2) is 0 Å². The molecule has 24 heavy (non-hydrogen) atoms. The molecule has 2 aromatic carbocycles. The van der Waals surface area contributed by atoms with Crippen molar-refractivity contribution in [1.29, 1.82) is 0 Å². The zero-order chi connectivity index (χ0) is 17.3. The zero-order valence-corrected chi connectivity index (χ0v) is 14.4. The van der Waals surface area contributed by atoms with Crippen LogP contribution >= 0.6 is 11.6 Å². The van der Waals surface area contributed by atoms with Gasteiger partial charge in [0.25, 0.3) is 0 Å². The quantitative estimate of drug-likeness (QED) is 0.918. The fourth-order valence-electron chi connectivity index (χ4n) is 3.13. The third-order valence-corrected chi connectivity index (χ3v) is 4.67. The molecule has 1 aliphatic heterocycles. The summed E-state index contributed by atoms with van der Waals surface area (Å²) in [7, 11) is 0. The van der Waals surface area contributed by atoms with Gasteiger partial charge in [0.05, 0.1) is 16.6 Å². The molecule has 0 saturated carbocycles. The molecule has 4 nitrogen and oxygen atoms in total. The molecule has 1 atom stereocenters. The maximum absolute atomic E-state index is 12.5. The van der Waals surface area contributed by atoms with Crippen molar-refractivity contribution < 1.29 is 9.59 Å². The number of nitrogens with one attached hydrogen (secondary N) is 1. The van der Waals surface area contributed by atoms with Crippen LogP contribution in [0.3, 0.4) is 0 Å². The maximum atomic E-state index is 12.5. The average Bonchev–Trinajstić information content (AvgIpc) is 2.91. The lowest BCUT2D eigenvalue weighted by molar-refractivity contribution is -0.122. The minimum atomic E-state index is -0.382. The number of hydrogen-bond donors (Lipinski definition) is 1. The van der Waals surface area contributed by atoms with Gasteiger partial charge in [-0.1, -0.05) is 41.9 Å². The molecule has 0 aliphatic carbocycles. The van der Waals surface area contributed by atoms with Gasteiger partial charge >= 0.3 is 0 Å². The van der Waals surface area contributed by atoms with Crippen molar-refractivity contribution >= 4 is 34.8 Å². The molecule has 1 N–H and O–H groups in total. The fraction of sp³-hybridized carbons (Fsp3) is 0.263. The molecule has 1 heterocycles. The predicted octanol–water partition coefficient (Wildman–Crippen LogP) is 3.95. The highest BCUT2D eigenvalue weighted by molar-refractivity contribution is 6.33. The first-order valence-electron chi connectivity index (χ1n) is 7.89. The molecule has 0 bridgehead atoms. The number of nitrogens with zero attached hydrogens (tertiary/aromatic N) is 1. The van der Waals surface area contributed by atoms with Gasteiger partial charge in [0.1, 0.15) is 0 Å². The molecule has 0 aromatic heterocycles. The first-order chi connectivity index (χ1) is 11.5. The van der Waals surface area contributed by atoms with E-state index in [1.807, 2.05) is 38.1 Å². The molecule has 1 aliphatic rings. The summed E-state index contributed by atoms with van der Waals surface area (Å²) >= 11 is 6.08. The first-order valence-corrected chi connectivity index (χ1v) is 8.27. The highest BCUT2D eigenvalue weighted by Crippen LogP contribution is 2.31. The third kappa shape index (κ3) is 3.15. The minimum absolute atomic E-state index is 0.0216. The Morgan fingerprint density at radius 1 is 1.12 bits per heavy atom. The van der Waals surface area contributed by atoms with Crippen LogP contribution in [0.4, 0.5) is 11.4 Å². The van der Waals surface area contributed by atoms with E-state index in [4.69, 9.17) is 11.6 Å². The van der Waals surface area contributed by atoms with E-state index in [1.54, 1.807) is 23.1 Å². The van der Waals surface area contributed by atoms with Gasteiger partial charge in [-0.15, -0.1) is 0 Å². The summed E-state index contributed by atoms with van der Waals surface area (Å²) in [6.07, 6.45) is 0.212. The summed E-state index contributed by atoms with van der Waals surface area (Å²) in [4.78, 5) is 26.7. The Morgan fingerprint density at radius 2 is 1.79 bits per heavy atom. The number of benzene rings is 2. The van der Waals surface area contributed by atoms with E-state index in [9.17, 15) is 9.59 Å². The maximum Gasteiger partial charge on any atom is 0.229 e. The number of rotatable bonds is 3. The number of anilines is 2. The molecule has 3 rings (SSSR count). The van der Waals surface area contributed by atoms with E-state index in [0.29, 0.717) is 17.3 Å². The number of carbonyl (C=O) groups is 2. The summed E-state index contributed by atoms with van der Waals surface area (Å²) in [6, 6.07) is 13.0. The number of hydrogen-bond acceptors (Lipinski definition) is 2. The van der Waals surface area contributed by atoms with Crippen LogP contribution in [0.2, 0.25) is 5.02 Å². The molecule has 2 aromatic rings. The second-order valence-electron chi connectivity index (χ2n) is 6.11. The lowest BCUT2D eigenvalue weighted by Crippen LogP contribution is -2.29. The van der Waals surface area contributed by atoms with Crippen molar-refractivity contribution in [3.8, 4) is 0 Å². The van der Waals surface area contributed by atoms with Crippen molar-refractivity contribution in [2.75, 3.05) is 16.8 Å². The lowest BCUT2D eigenvalue weighted by atomic mass is 10.1. The SMILES string of the molecule is Cc1cccc(C)c1N1C[C@H](C(=O)Nc2ccccc2Cl)CC1=O. The minimum Gasteiger partial charge on any atom is -0.324 e. The molecular formula is C19H19ClN2O2. The van der Waals surface area contributed by atoms with Crippen molar-refractivity contribution in [2.24, 2.45) is 5.92 Å². The smallest absolute Gasteiger partial charge is 0.229 e. The summed E-state index contributed by atoms with van der Waals surface area (Å²) in [6.45, 7) is 4.35. The lowest BCUT2D eigenvalue weighted by Gasteiger charge is -2.21. The standard InChI is InChI=1S/C19H19ClN2O2/c1-12-6-5-7-13(2)18(12)22-11-14(10-17(22)23)19(24)21-16-9-4-3-8-15(16)20/h3-9,14H,10-11H2,1-2H3,(H,21,24)/t14-/m1/s1. The zero-order valence-electron chi connectivity index (χ0n) is 13.7. The number of amides is 2. The Morgan fingerprint density at radius 3 is 2.46 bits per heavy atom. The number of aryl methyl sites for hydroxylation is 2. The van der Waals surface area contributed by atoms with Gasteiger partial charge in [0.15, 0.2) is 0 Å². The molecule has 0 radical (unpaired) electrons. The predicted molar refractivity (Wildman–Crippen MR) is 96.5 cm³/mol. The molecular weight excluding hydrogens is 324 g/mol. The van der Waals surface area contributed by atoms with E-state index < -0.39 is 0 Å². The summed E-state index contributed by atoms with van der Waals surface area (Å²) in [5.41, 5.74) is 3.56. The average molecular weight is 343 g/mol. The number of carbonyl (C=O) groups excluding carboxylic acids is 2. The van der Waals surface area contributed by atoms with Crippen LogP contribution in [-0.4, -0.2) is 18.4 Å². The Hall–Kier alpha value is -2.33. The van der Waals surface area contributed by atoms with Gasteiger partial charge in [-0.2, -0.15) is 0 Å². The second-order valence-corrected chi connectivity index (χ2v) is 6.52. The summed E-state index contributed by atoms with van der Waals surface area (Å²) in [5, 5.41) is 3.31. The van der Waals surface area contributed by atoms with Crippen molar-refractivity contribution in [3.63, 3.8) is 0 Å². The molecule has 1 saturated heterocycles. The van der Waals surface area contributed by atoms with E-state index in [1.165, 1.54) is 0 Å². The van der Waals surface area contributed by atoms with E-state index in [0.717, 1.165) is 16.8 Å². The summed E-state index contributed by atoms with van der Waals surface area (Å²) < 4.78 is 0. The van der Waals surface area contributed by atoms with E-state index >= 15 is 0 Å². The van der Waals surface area contributed by atoms with Crippen LogP contribution < -0.4 is 10.2 Å². The topological polar surface area (TPSA) is 49.4 Å². The Labute approximate surface area is 146 Å². The molecule has 5 heteroatoms. The van der Waals surface area contributed by atoms with Crippen LogP contribution in [0.1, 0.15) is 17.5 Å². The summed E-state index contributed by atoms with van der Waals surface area (Å²) in [5.74, 6) is -0.579. The number of halogens is 1. The highest BCUT2D eigenvalue weighted by Gasteiger charge is 2.36. The van der Waals surface area contributed by atoms with Gasteiger partial charge in [0, 0.05) is 18.7 Å². The van der Waals surface area contributed by atoms with Gasteiger partial charge in [-0.3, -0.25) is 9.59 Å². The van der Waals surface area contributed by atoms with Crippen molar-refractivity contribution in [3.05, 3.63) is 58.6 Å². The Balaban J connectivity index is 1.77. The van der Waals surface area contributed by atoms with Gasteiger partial charge < -0.3 is 10.2 Å². The molecule has 2 amide bonds. The van der Waals surface area contributed by atoms with Crippen molar-refractivity contribution in [2.45, 2.75) is 20.3 Å². The molecule has 0 spiro atoms. The van der Waals surface area contributed by atoms with Gasteiger partial charge in [0.2, 0.25) is 11.8 Å². The van der Waals surface area contributed by atoms with Crippen LogP contribution in [0.25, 0.3) is 0 Å². The first kappa shape index (κ1) is 16.5. The van der Waals surface area contributed by atoms with Crippen LogP contribution in [0.15, 0.2) is 42.5 Å². The van der Waals surface area contributed by atoms with E-state index in [-0.39, 0.29) is 24.2 Å². The van der Waals surface area contributed by atoms with Crippen LogP contribution in [0.5, 0.6) is 0 Å². The van der Waals surface area contributed by atoms with Crippen LogP contribution in [-0.2, 0) is 9.59 Å². The Bertz CT molecular complexity index is 783. The van der Waals surface area contributed by atoms with Crippen molar-refractivity contribution in [1.82, 2.24) is 0 Å². The largest absolute Gasteiger partial charge is 0.324 e. The molecule has 1 fully saturated rings.